The maximum atomic E-state index is 12.6. The predicted octanol–water partition coefficient (Wildman–Crippen LogP) is 4.04. The molecule has 0 saturated carbocycles. The van der Waals surface area contributed by atoms with Crippen molar-refractivity contribution in [3.63, 3.8) is 0 Å². The Bertz CT molecular complexity index is 672. The fraction of sp³-hybridized carbons (Fsp3) is 0.312. The van der Waals surface area contributed by atoms with Gasteiger partial charge in [-0.05, 0) is 29.7 Å². The molecule has 7 heteroatoms. The number of nitrogens with zero attached hydrogens (tertiary/aromatic N) is 1. The summed E-state index contributed by atoms with van der Waals surface area (Å²) in [6.07, 6.45) is 2.34. The van der Waals surface area contributed by atoms with E-state index in [1.54, 1.807) is 37.3 Å². The first-order valence-electron chi connectivity index (χ1n) is 7.10. The lowest BCUT2D eigenvalue weighted by Crippen LogP contribution is -2.47. The van der Waals surface area contributed by atoms with E-state index in [-0.39, 0.29) is 16.1 Å². The molecule has 1 aliphatic heterocycles. The van der Waals surface area contributed by atoms with Gasteiger partial charge >= 0.3 is 5.97 Å². The third kappa shape index (κ3) is 3.94. The highest BCUT2D eigenvalue weighted by molar-refractivity contribution is 8.26. The molecule has 2 atom stereocenters. The summed E-state index contributed by atoms with van der Waals surface area (Å²) in [4.78, 5) is 25.8. The van der Waals surface area contributed by atoms with Gasteiger partial charge in [0.25, 0.3) is 5.91 Å². The van der Waals surface area contributed by atoms with E-state index >= 15 is 0 Å². The molecular weight excluding hydrogens is 354 g/mol. The summed E-state index contributed by atoms with van der Waals surface area (Å²) < 4.78 is 0.280. The summed E-state index contributed by atoms with van der Waals surface area (Å²) in [5.41, 5.74) is 0.810. The van der Waals surface area contributed by atoms with Crippen LogP contribution in [0.5, 0.6) is 0 Å². The van der Waals surface area contributed by atoms with Gasteiger partial charge in [-0.1, -0.05) is 68.0 Å². The molecule has 23 heavy (non-hydrogen) atoms. The normalized spacial score (nSPS) is 19.3. The van der Waals surface area contributed by atoms with Crippen molar-refractivity contribution in [3.8, 4) is 0 Å². The zero-order valence-corrected chi connectivity index (χ0v) is 15.0. The number of carbonyl (C=O) groups is 2. The summed E-state index contributed by atoms with van der Waals surface area (Å²) in [6, 6.07) is 6.10. The minimum Gasteiger partial charge on any atom is -0.480 e. The van der Waals surface area contributed by atoms with E-state index in [0.717, 1.165) is 17.3 Å². The summed E-state index contributed by atoms with van der Waals surface area (Å²) in [5, 5.41) is 10.1. The number of thiocarbonyl (C=S) groups is 1. The quantitative estimate of drug-likeness (QED) is 0.627. The second-order valence-electron chi connectivity index (χ2n) is 5.27. The van der Waals surface area contributed by atoms with Crippen LogP contribution in [0.25, 0.3) is 6.08 Å². The van der Waals surface area contributed by atoms with Gasteiger partial charge in [0.2, 0.25) is 0 Å². The number of carboxylic acid groups (broad SMARTS) is 1. The molecular formula is C16H16ClNO3S2. The molecule has 1 fully saturated rings. The third-order valence-corrected chi connectivity index (χ3v) is 5.29. The van der Waals surface area contributed by atoms with Crippen LogP contribution in [-0.4, -0.2) is 32.2 Å². The van der Waals surface area contributed by atoms with Gasteiger partial charge in [0, 0.05) is 5.02 Å². The van der Waals surface area contributed by atoms with Crippen molar-refractivity contribution < 1.29 is 14.7 Å². The largest absolute Gasteiger partial charge is 0.480 e. The van der Waals surface area contributed by atoms with Gasteiger partial charge in [0.15, 0.2) is 0 Å². The molecule has 1 amide bonds. The predicted molar refractivity (Wildman–Crippen MR) is 97.3 cm³/mol. The lowest BCUT2D eigenvalue weighted by atomic mass is 9.98. The maximum absolute atomic E-state index is 12.6. The van der Waals surface area contributed by atoms with E-state index in [1.165, 1.54) is 4.90 Å². The summed E-state index contributed by atoms with van der Waals surface area (Å²) in [7, 11) is 0. The van der Waals surface area contributed by atoms with Crippen LogP contribution >= 0.6 is 35.6 Å². The number of rotatable bonds is 5. The average Bonchev–Trinajstić information content (AvgIpc) is 2.77. The van der Waals surface area contributed by atoms with E-state index in [1.807, 2.05) is 6.92 Å². The Morgan fingerprint density at radius 1 is 1.43 bits per heavy atom. The van der Waals surface area contributed by atoms with Crippen LogP contribution in [0.1, 0.15) is 25.8 Å². The van der Waals surface area contributed by atoms with E-state index in [2.05, 4.69) is 0 Å². The number of aliphatic carboxylic acids is 1. The Balaban J connectivity index is 2.32. The van der Waals surface area contributed by atoms with Crippen LogP contribution in [-0.2, 0) is 9.59 Å². The topological polar surface area (TPSA) is 57.6 Å². The molecule has 1 N–H and O–H groups in total. The van der Waals surface area contributed by atoms with Crippen molar-refractivity contribution in [1.82, 2.24) is 4.90 Å². The van der Waals surface area contributed by atoms with Crippen LogP contribution in [0.4, 0.5) is 0 Å². The molecule has 1 aromatic rings. The SMILES string of the molecule is CCC(C)C(C(=O)O)N1C(=O)/C(=C/c2ccc(Cl)cc2)SC1=S. The molecule has 1 saturated heterocycles. The van der Waals surface area contributed by atoms with Crippen molar-refractivity contribution in [2.45, 2.75) is 26.3 Å². The van der Waals surface area contributed by atoms with Crippen molar-refractivity contribution in [2.24, 2.45) is 5.92 Å². The summed E-state index contributed by atoms with van der Waals surface area (Å²) in [6.45, 7) is 3.70. The Morgan fingerprint density at radius 3 is 2.57 bits per heavy atom. The third-order valence-electron chi connectivity index (χ3n) is 3.71. The molecule has 1 aliphatic rings. The van der Waals surface area contributed by atoms with Crippen LogP contribution in [0, 0.1) is 5.92 Å². The molecule has 2 unspecified atom stereocenters. The number of benzene rings is 1. The highest BCUT2D eigenvalue weighted by Crippen LogP contribution is 2.36. The van der Waals surface area contributed by atoms with Crippen molar-refractivity contribution in [1.29, 1.82) is 0 Å². The average molecular weight is 370 g/mol. The second kappa shape index (κ2) is 7.47. The van der Waals surface area contributed by atoms with Gasteiger partial charge in [0.1, 0.15) is 10.4 Å². The van der Waals surface area contributed by atoms with Crippen molar-refractivity contribution in [3.05, 3.63) is 39.8 Å². The summed E-state index contributed by atoms with van der Waals surface area (Å²) in [5.74, 6) is -1.59. The number of amides is 1. The van der Waals surface area contributed by atoms with Crippen molar-refractivity contribution >= 4 is 57.9 Å². The first-order chi connectivity index (χ1) is 10.8. The summed E-state index contributed by atoms with van der Waals surface area (Å²) >= 11 is 12.2. The number of carbonyl (C=O) groups excluding carboxylic acids is 1. The maximum Gasteiger partial charge on any atom is 0.327 e. The highest BCUT2D eigenvalue weighted by Gasteiger charge is 2.42. The molecule has 1 heterocycles. The fourth-order valence-electron chi connectivity index (χ4n) is 2.26. The molecule has 2 rings (SSSR count). The molecule has 0 aromatic heterocycles. The Morgan fingerprint density at radius 2 is 2.04 bits per heavy atom. The number of hydrogen-bond donors (Lipinski definition) is 1. The molecule has 4 nitrogen and oxygen atoms in total. The van der Waals surface area contributed by atoms with Gasteiger partial charge in [-0.15, -0.1) is 0 Å². The molecule has 0 aliphatic carbocycles. The zero-order chi connectivity index (χ0) is 17.1. The Hall–Kier alpha value is -1.37. The smallest absolute Gasteiger partial charge is 0.327 e. The van der Waals surface area contributed by atoms with E-state index in [4.69, 9.17) is 23.8 Å². The number of halogens is 1. The van der Waals surface area contributed by atoms with Gasteiger partial charge in [-0.2, -0.15) is 0 Å². The fourth-order valence-corrected chi connectivity index (χ4v) is 3.72. The van der Waals surface area contributed by atoms with Gasteiger partial charge in [-0.3, -0.25) is 9.69 Å². The molecule has 0 spiro atoms. The van der Waals surface area contributed by atoms with Crippen LogP contribution in [0.2, 0.25) is 5.02 Å². The molecule has 122 valence electrons. The van der Waals surface area contributed by atoms with Crippen LogP contribution in [0.3, 0.4) is 0 Å². The van der Waals surface area contributed by atoms with Crippen molar-refractivity contribution in [2.75, 3.05) is 0 Å². The van der Waals surface area contributed by atoms with E-state index < -0.39 is 12.0 Å². The Labute approximate surface area is 149 Å². The zero-order valence-electron chi connectivity index (χ0n) is 12.7. The van der Waals surface area contributed by atoms with Crippen LogP contribution in [0.15, 0.2) is 29.2 Å². The van der Waals surface area contributed by atoms with Gasteiger partial charge in [0.05, 0.1) is 4.91 Å². The van der Waals surface area contributed by atoms with E-state index in [0.29, 0.717) is 16.3 Å². The first-order valence-corrected chi connectivity index (χ1v) is 8.70. The number of hydrogen-bond acceptors (Lipinski definition) is 4. The number of carboxylic acids is 1. The lowest BCUT2D eigenvalue weighted by Gasteiger charge is -2.27. The van der Waals surface area contributed by atoms with Gasteiger partial charge < -0.3 is 5.11 Å². The van der Waals surface area contributed by atoms with Crippen LogP contribution < -0.4 is 0 Å². The molecule has 0 bridgehead atoms. The minimum absolute atomic E-state index is 0.190. The highest BCUT2D eigenvalue weighted by atomic mass is 35.5. The first kappa shape index (κ1) is 18.0. The lowest BCUT2D eigenvalue weighted by molar-refractivity contribution is -0.147. The Kier molecular flexibility index (Phi) is 5.84. The molecule has 1 aromatic carbocycles. The monoisotopic (exact) mass is 369 g/mol. The number of thioether (sulfide) groups is 1. The molecule has 0 radical (unpaired) electrons. The second-order valence-corrected chi connectivity index (χ2v) is 7.38. The standard InChI is InChI=1S/C16H16ClNO3S2/c1-3-9(2)13(15(20)21)18-14(19)12(23-16(18)22)8-10-4-6-11(17)7-5-10/h4-9,13H,3H2,1-2H3,(H,20,21)/b12-8-. The van der Waals surface area contributed by atoms with E-state index in [9.17, 15) is 14.7 Å². The van der Waals surface area contributed by atoms with Gasteiger partial charge in [-0.25, -0.2) is 4.79 Å². The minimum atomic E-state index is -1.04.